The maximum atomic E-state index is 12.3. The Bertz CT molecular complexity index is 570. The number of hydrogen-bond acceptors (Lipinski definition) is 3. The van der Waals surface area contributed by atoms with Crippen LogP contribution in [-0.4, -0.2) is 16.9 Å². The molecule has 2 saturated carbocycles. The fraction of sp³-hybridized carbons (Fsp3) is 0.533. The average molecular weight is 274 g/mol. The van der Waals surface area contributed by atoms with Gasteiger partial charge in [-0.2, -0.15) is 0 Å². The average Bonchev–Trinajstić information content (AvgIpc) is 3.00. The number of nitro groups is 1. The smallest absolute Gasteiger partial charge is 0.273 e. The number of carbonyl (C=O) groups excluding carboxylic acids is 1. The highest BCUT2D eigenvalue weighted by Crippen LogP contribution is 2.44. The third-order valence-corrected chi connectivity index (χ3v) is 4.80. The van der Waals surface area contributed by atoms with Crippen molar-refractivity contribution in [1.29, 1.82) is 0 Å². The molecule has 3 atom stereocenters. The van der Waals surface area contributed by atoms with E-state index in [1.54, 1.807) is 19.1 Å². The van der Waals surface area contributed by atoms with Crippen molar-refractivity contribution in [3.63, 3.8) is 0 Å². The van der Waals surface area contributed by atoms with Crippen LogP contribution in [0.4, 0.5) is 5.69 Å². The Morgan fingerprint density at radius 2 is 2.15 bits per heavy atom. The summed E-state index contributed by atoms with van der Waals surface area (Å²) in [5.41, 5.74) is 0.866. The number of nitrogens with zero attached hydrogens (tertiary/aromatic N) is 1. The summed E-state index contributed by atoms with van der Waals surface area (Å²) in [6.45, 7) is 1.63. The van der Waals surface area contributed by atoms with Gasteiger partial charge in [-0.25, -0.2) is 0 Å². The molecule has 1 aromatic carbocycles. The highest BCUT2D eigenvalue weighted by Gasteiger charge is 2.40. The van der Waals surface area contributed by atoms with Crippen LogP contribution in [0.1, 0.15) is 41.6 Å². The molecule has 1 amide bonds. The molecule has 106 valence electrons. The van der Waals surface area contributed by atoms with Gasteiger partial charge in [-0.15, -0.1) is 0 Å². The van der Waals surface area contributed by atoms with Crippen molar-refractivity contribution in [2.24, 2.45) is 11.8 Å². The molecular weight excluding hydrogens is 256 g/mol. The van der Waals surface area contributed by atoms with Crippen molar-refractivity contribution < 1.29 is 9.72 Å². The van der Waals surface area contributed by atoms with Crippen molar-refractivity contribution in [2.45, 2.75) is 38.6 Å². The Morgan fingerprint density at radius 1 is 1.35 bits per heavy atom. The first-order chi connectivity index (χ1) is 9.56. The van der Waals surface area contributed by atoms with Crippen LogP contribution in [0.5, 0.6) is 0 Å². The largest absolute Gasteiger partial charge is 0.349 e. The van der Waals surface area contributed by atoms with Crippen LogP contribution in [0.2, 0.25) is 0 Å². The van der Waals surface area contributed by atoms with E-state index < -0.39 is 4.92 Å². The van der Waals surface area contributed by atoms with Gasteiger partial charge >= 0.3 is 0 Å². The first-order valence-electron chi connectivity index (χ1n) is 7.11. The molecule has 5 heteroatoms. The maximum absolute atomic E-state index is 12.3. The zero-order valence-electron chi connectivity index (χ0n) is 11.5. The van der Waals surface area contributed by atoms with Gasteiger partial charge in [-0.1, -0.05) is 12.5 Å². The summed E-state index contributed by atoms with van der Waals surface area (Å²) < 4.78 is 0. The second kappa shape index (κ2) is 4.89. The normalized spacial score (nSPS) is 27.6. The van der Waals surface area contributed by atoms with Gasteiger partial charge in [0, 0.05) is 23.2 Å². The number of hydrogen-bond donors (Lipinski definition) is 1. The van der Waals surface area contributed by atoms with E-state index in [2.05, 4.69) is 5.32 Å². The lowest BCUT2D eigenvalue weighted by atomic mass is 9.95. The summed E-state index contributed by atoms with van der Waals surface area (Å²) in [4.78, 5) is 22.8. The lowest BCUT2D eigenvalue weighted by Crippen LogP contribution is -2.38. The molecule has 3 rings (SSSR count). The lowest BCUT2D eigenvalue weighted by Gasteiger charge is -2.23. The second-order valence-corrected chi connectivity index (χ2v) is 5.96. The number of fused-ring (bicyclic) bond motifs is 2. The van der Waals surface area contributed by atoms with Crippen LogP contribution in [0.3, 0.4) is 0 Å². The summed E-state index contributed by atoms with van der Waals surface area (Å²) in [6.07, 6.45) is 4.76. The van der Waals surface area contributed by atoms with E-state index in [-0.39, 0.29) is 17.6 Å². The Hall–Kier alpha value is -1.91. The number of carbonyl (C=O) groups is 1. The topological polar surface area (TPSA) is 72.2 Å². The van der Waals surface area contributed by atoms with Gasteiger partial charge in [-0.05, 0) is 44.1 Å². The Morgan fingerprint density at radius 3 is 2.75 bits per heavy atom. The van der Waals surface area contributed by atoms with Crippen LogP contribution in [0.25, 0.3) is 0 Å². The number of benzene rings is 1. The van der Waals surface area contributed by atoms with Crippen molar-refractivity contribution in [1.82, 2.24) is 5.32 Å². The zero-order valence-corrected chi connectivity index (χ0v) is 11.5. The van der Waals surface area contributed by atoms with Gasteiger partial charge in [0.15, 0.2) is 0 Å². The van der Waals surface area contributed by atoms with Gasteiger partial charge in [-0.3, -0.25) is 14.9 Å². The fourth-order valence-electron chi connectivity index (χ4n) is 3.73. The molecule has 1 N–H and O–H groups in total. The van der Waals surface area contributed by atoms with Gasteiger partial charge in [0.1, 0.15) is 0 Å². The van der Waals surface area contributed by atoms with Gasteiger partial charge in [0.05, 0.1) is 4.92 Å². The predicted molar refractivity (Wildman–Crippen MR) is 74.5 cm³/mol. The molecule has 2 fully saturated rings. The minimum absolute atomic E-state index is 0.00518. The van der Waals surface area contributed by atoms with E-state index in [4.69, 9.17) is 0 Å². The number of nitrogens with one attached hydrogen (secondary N) is 1. The Labute approximate surface area is 117 Å². The molecule has 0 radical (unpaired) electrons. The zero-order chi connectivity index (χ0) is 14.3. The standard InChI is InChI=1S/C15H18N2O3/c1-9-12(3-2-4-14(9)17(19)20)15(18)16-13-8-10-5-6-11(13)7-10/h2-4,10-11,13H,5-8H2,1H3,(H,16,18)/t10-,11-,13+/m1/s1. The quantitative estimate of drug-likeness (QED) is 0.680. The number of nitro benzene ring substituents is 1. The summed E-state index contributed by atoms with van der Waals surface area (Å²) >= 11 is 0. The van der Waals surface area contributed by atoms with E-state index in [1.165, 1.54) is 25.3 Å². The van der Waals surface area contributed by atoms with E-state index in [1.807, 2.05) is 0 Å². The first-order valence-corrected chi connectivity index (χ1v) is 7.11. The monoisotopic (exact) mass is 274 g/mol. The molecule has 2 aliphatic carbocycles. The van der Waals surface area contributed by atoms with Crippen molar-refractivity contribution >= 4 is 11.6 Å². The minimum Gasteiger partial charge on any atom is -0.349 e. The molecule has 0 aliphatic heterocycles. The van der Waals surface area contributed by atoms with Crippen molar-refractivity contribution in [2.75, 3.05) is 0 Å². The lowest BCUT2D eigenvalue weighted by molar-refractivity contribution is -0.385. The molecule has 0 saturated heterocycles. The van der Waals surface area contributed by atoms with E-state index in [0.29, 0.717) is 17.0 Å². The van der Waals surface area contributed by atoms with Crippen LogP contribution >= 0.6 is 0 Å². The molecule has 1 aromatic rings. The van der Waals surface area contributed by atoms with Crippen LogP contribution < -0.4 is 5.32 Å². The summed E-state index contributed by atoms with van der Waals surface area (Å²) in [7, 11) is 0. The molecule has 0 aromatic heterocycles. The minimum atomic E-state index is -0.441. The molecule has 2 aliphatic rings. The molecule has 0 unspecified atom stereocenters. The molecule has 5 nitrogen and oxygen atoms in total. The molecule has 2 bridgehead atoms. The third kappa shape index (κ3) is 2.17. The summed E-state index contributed by atoms with van der Waals surface area (Å²) in [5, 5.41) is 14.0. The summed E-state index contributed by atoms with van der Waals surface area (Å²) in [5.74, 6) is 1.18. The van der Waals surface area contributed by atoms with Crippen molar-refractivity contribution in [3.8, 4) is 0 Å². The van der Waals surface area contributed by atoms with Crippen LogP contribution in [0, 0.1) is 28.9 Å². The SMILES string of the molecule is Cc1c(C(=O)N[C@H]2C[C@@H]3CC[C@@H]2C3)cccc1[N+](=O)[O-]. The molecule has 20 heavy (non-hydrogen) atoms. The van der Waals surface area contributed by atoms with Gasteiger partial charge < -0.3 is 5.32 Å². The molecule has 0 heterocycles. The van der Waals surface area contributed by atoms with E-state index in [9.17, 15) is 14.9 Å². The highest BCUT2D eigenvalue weighted by molar-refractivity contribution is 5.96. The fourth-order valence-corrected chi connectivity index (χ4v) is 3.73. The van der Waals surface area contributed by atoms with Crippen LogP contribution in [0.15, 0.2) is 18.2 Å². The van der Waals surface area contributed by atoms with Gasteiger partial charge in [0.2, 0.25) is 0 Å². The second-order valence-electron chi connectivity index (χ2n) is 5.96. The Kier molecular flexibility index (Phi) is 3.20. The first kappa shape index (κ1) is 13.1. The van der Waals surface area contributed by atoms with E-state index in [0.717, 1.165) is 12.3 Å². The van der Waals surface area contributed by atoms with Crippen LogP contribution in [-0.2, 0) is 0 Å². The van der Waals surface area contributed by atoms with Crippen molar-refractivity contribution in [3.05, 3.63) is 39.4 Å². The molecular formula is C15H18N2O3. The maximum Gasteiger partial charge on any atom is 0.273 e. The van der Waals surface area contributed by atoms with E-state index >= 15 is 0 Å². The number of amides is 1. The Balaban J connectivity index is 1.77. The highest BCUT2D eigenvalue weighted by atomic mass is 16.6. The third-order valence-electron chi connectivity index (χ3n) is 4.80. The predicted octanol–water partition coefficient (Wildman–Crippen LogP) is 2.82. The number of rotatable bonds is 3. The van der Waals surface area contributed by atoms with Gasteiger partial charge in [0.25, 0.3) is 11.6 Å². The molecule has 0 spiro atoms. The summed E-state index contributed by atoms with van der Waals surface area (Å²) in [6, 6.07) is 4.91.